The normalized spacial score (nSPS) is 11.1. The third-order valence-corrected chi connectivity index (χ3v) is 6.28. The summed E-state index contributed by atoms with van der Waals surface area (Å²) in [5.41, 5.74) is 2.59. The Hall–Kier alpha value is -2.32. The van der Waals surface area contributed by atoms with Crippen LogP contribution in [0.25, 0.3) is 16.3 Å². The molecule has 0 fully saturated rings. The lowest BCUT2D eigenvalue weighted by Gasteiger charge is -2.20. The standard InChI is InChI=1S/C23H26ClN3O3S.ClH/c1-15-17(24)8-10-20-22(15)25-23(31-20)27(13-12-26(2)3)21(28)11-7-16-6-9-18(29-4)19(14-16)30-5;/h6-11,14H,12-13H2,1-5H3;1H. The van der Waals surface area contributed by atoms with Gasteiger partial charge in [0.15, 0.2) is 16.6 Å². The van der Waals surface area contributed by atoms with Crippen LogP contribution in [0.1, 0.15) is 11.1 Å². The van der Waals surface area contributed by atoms with E-state index in [0.29, 0.717) is 34.7 Å². The van der Waals surface area contributed by atoms with E-state index < -0.39 is 0 Å². The van der Waals surface area contributed by atoms with Gasteiger partial charge in [0.05, 0.1) is 24.4 Å². The van der Waals surface area contributed by atoms with Crippen LogP contribution in [-0.2, 0) is 4.79 Å². The number of nitrogens with zero attached hydrogens (tertiary/aromatic N) is 3. The topological polar surface area (TPSA) is 54.9 Å². The maximum absolute atomic E-state index is 13.1. The van der Waals surface area contributed by atoms with E-state index in [2.05, 4.69) is 0 Å². The smallest absolute Gasteiger partial charge is 0.252 e. The number of aryl methyl sites for hydroxylation is 1. The van der Waals surface area contributed by atoms with E-state index in [1.165, 1.54) is 11.3 Å². The number of halogens is 2. The number of amides is 1. The third kappa shape index (κ3) is 5.92. The molecule has 0 unspecified atom stereocenters. The molecule has 0 saturated heterocycles. The Kier molecular flexibility index (Phi) is 9.33. The van der Waals surface area contributed by atoms with Crippen molar-refractivity contribution in [1.82, 2.24) is 9.88 Å². The summed E-state index contributed by atoms with van der Waals surface area (Å²) in [5.74, 6) is 1.11. The summed E-state index contributed by atoms with van der Waals surface area (Å²) in [6, 6.07) is 9.32. The highest BCUT2D eigenvalue weighted by molar-refractivity contribution is 7.22. The molecular weight excluding hydrogens is 469 g/mol. The van der Waals surface area contributed by atoms with E-state index in [0.717, 1.165) is 21.3 Å². The molecule has 0 bridgehead atoms. The predicted octanol–water partition coefficient (Wildman–Crippen LogP) is 5.31. The van der Waals surface area contributed by atoms with Gasteiger partial charge in [-0.25, -0.2) is 4.98 Å². The maximum Gasteiger partial charge on any atom is 0.252 e. The summed E-state index contributed by atoms with van der Waals surface area (Å²) in [5, 5.41) is 1.33. The Morgan fingerprint density at radius 1 is 1.12 bits per heavy atom. The SMILES string of the molecule is COc1ccc(C=CC(=O)N(CCN(C)C)c2nc3c(C)c(Cl)ccc3s2)cc1OC.Cl. The van der Waals surface area contributed by atoms with E-state index in [4.69, 9.17) is 26.1 Å². The fraction of sp³-hybridized carbons (Fsp3) is 0.304. The van der Waals surface area contributed by atoms with Crippen LogP contribution in [0, 0.1) is 6.92 Å². The molecule has 0 aliphatic heterocycles. The minimum atomic E-state index is -0.139. The summed E-state index contributed by atoms with van der Waals surface area (Å²) >= 11 is 7.74. The van der Waals surface area contributed by atoms with Crippen LogP contribution >= 0.6 is 35.3 Å². The maximum atomic E-state index is 13.1. The lowest BCUT2D eigenvalue weighted by molar-refractivity contribution is -0.114. The number of anilines is 1. The Labute approximate surface area is 203 Å². The van der Waals surface area contributed by atoms with Crippen molar-refractivity contribution < 1.29 is 14.3 Å². The number of hydrogen-bond donors (Lipinski definition) is 0. The van der Waals surface area contributed by atoms with Gasteiger partial charge in [-0.15, -0.1) is 12.4 Å². The number of likely N-dealkylation sites (N-methyl/N-ethyl adjacent to an activating group) is 1. The zero-order valence-electron chi connectivity index (χ0n) is 18.7. The first kappa shape index (κ1) is 25.9. The lowest BCUT2D eigenvalue weighted by Crippen LogP contribution is -2.35. The third-order valence-electron chi connectivity index (χ3n) is 4.83. The molecule has 0 saturated carbocycles. The number of ether oxygens (including phenoxy) is 2. The summed E-state index contributed by atoms with van der Waals surface area (Å²) in [4.78, 5) is 21.6. The quantitative estimate of drug-likeness (QED) is 0.396. The van der Waals surface area contributed by atoms with Crippen LogP contribution in [0.5, 0.6) is 11.5 Å². The summed E-state index contributed by atoms with van der Waals surface area (Å²) in [7, 11) is 7.13. The number of benzene rings is 2. The van der Waals surface area contributed by atoms with Crippen molar-refractivity contribution in [1.29, 1.82) is 0 Å². The number of rotatable bonds is 8. The van der Waals surface area contributed by atoms with Crippen LogP contribution in [0.2, 0.25) is 5.02 Å². The van der Waals surface area contributed by atoms with Crippen LogP contribution in [0.4, 0.5) is 5.13 Å². The molecule has 3 aromatic rings. The molecule has 1 heterocycles. The van der Waals surface area contributed by atoms with Gasteiger partial charge < -0.3 is 14.4 Å². The molecule has 0 aliphatic carbocycles. The summed E-state index contributed by atoms with van der Waals surface area (Å²) in [6.07, 6.45) is 3.32. The first-order valence-electron chi connectivity index (χ1n) is 9.76. The van der Waals surface area contributed by atoms with Crippen LogP contribution in [0.3, 0.4) is 0 Å². The van der Waals surface area contributed by atoms with Crippen LogP contribution < -0.4 is 14.4 Å². The van der Waals surface area contributed by atoms with Crippen molar-refractivity contribution >= 4 is 62.7 Å². The molecule has 1 aromatic heterocycles. The van der Waals surface area contributed by atoms with E-state index in [1.54, 1.807) is 31.3 Å². The monoisotopic (exact) mass is 495 g/mol. The lowest BCUT2D eigenvalue weighted by atomic mass is 10.2. The number of hydrogen-bond acceptors (Lipinski definition) is 6. The zero-order valence-corrected chi connectivity index (χ0v) is 21.1. The number of carbonyl (C=O) groups excluding carboxylic acids is 1. The van der Waals surface area contributed by atoms with Gasteiger partial charge in [0, 0.05) is 24.2 Å². The van der Waals surface area contributed by atoms with Crippen LogP contribution in [0.15, 0.2) is 36.4 Å². The number of carbonyl (C=O) groups is 1. The number of aromatic nitrogens is 1. The Bertz CT molecular complexity index is 1120. The van der Waals surface area contributed by atoms with Crippen molar-refractivity contribution in [3.8, 4) is 11.5 Å². The fourth-order valence-corrected chi connectivity index (χ4v) is 4.23. The fourth-order valence-electron chi connectivity index (χ4n) is 3.02. The van der Waals surface area contributed by atoms with Crippen molar-refractivity contribution in [2.75, 3.05) is 46.3 Å². The van der Waals surface area contributed by atoms with E-state index in [-0.39, 0.29) is 18.3 Å². The van der Waals surface area contributed by atoms with Crippen molar-refractivity contribution in [2.45, 2.75) is 6.92 Å². The van der Waals surface area contributed by atoms with Gasteiger partial charge in [-0.2, -0.15) is 0 Å². The average Bonchev–Trinajstić information content (AvgIpc) is 3.19. The largest absolute Gasteiger partial charge is 0.493 e. The minimum absolute atomic E-state index is 0. The summed E-state index contributed by atoms with van der Waals surface area (Å²) < 4.78 is 11.6. The predicted molar refractivity (Wildman–Crippen MR) is 136 cm³/mol. The molecule has 0 radical (unpaired) electrons. The van der Waals surface area contributed by atoms with Crippen molar-refractivity contribution in [3.63, 3.8) is 0 Å². The first-order chi connectivity index (χ1) is 14.8. The van der Waals surface area contributed by atoms with Gasteiger partial charge in [0.25, 0.3) is 5.91 Å². The molecule has 0 spiro atoms. The molecule has 0 aliphatic rings. The van der Waals surface area contributed by atoms with E-state index in [9.17, 15) is 4.79 Å². The molecule has 0 N–H and O–H groups in total. The molecule has 172 valence electrons. The van der Waals surface area contributed by atoms with Gasteiger partial charge in [-0.3, -0.25) is 9.69 Å². The van der Waals surface area contributed by atoms with Gasteiger partial charge in [-0.05, 0) is 62.5 Å². The average molecular weight is 496 g/mol. The second-order valence-corrected chi connectivity index (χ2v) is 8.67. The van der Waals surface area contributed by atoms with Crippen LogP contribution in [-0.4, -0.2) is 57.2 Å². The van der Waals surface area contributed by atoms with Crippen molar-refractivity contribution in [3.05, 3.63) is 52.6 Å². The Balaban J connectivity index is 0.00000363. The molecule has 9 heteroatoms. The number of fused-ring (bicyclic) bond motifs is 1. The van der Waals surface area contributed by atoms with Gasteiger partial charge in [-0.1, -0.05) is 29.0 Å². The highest BCUT2D eigenvalue weighted by atomic mass is 35.5. The number of methoxy groups -OCH3 is 2. The second kappa shape index (κ2) is 11.5. The molecule has 1 amide bonds. The van der Waals surface area contributed by atoms with Crippen molar-refractivity contribution in [2.24, 2.45) is 0 Å². The Morgan fingerprint density at radius 2 is 1.84 bits per heavy atom. The van der Waals surface area contributed by atoms with Gasteiger partial charge >= 0.3 is 0 Å². The Morgan fingerprint density at radius 3 is 2.50 bits per heavy atom. The number of thiazole rings is 1. The van der Waals surface area contributed by atoms with Gasteiger partial charge in [0.1, 0.15) is 0 Å². The molecule has 3 rings (SSSR count). The minimum Gasteiger partial charge on any atom is -0.493 e. The summed E-state index contributed by atoms with van der Waals surface area (Å²) in [6.45, 7) is 3.18. The molecule has 6 nitrogen and oxygen atoms in total. The molecular formula is C23H27Cl2N3O3S. The highest BCUT2D eigenvalue weighted by Gasteiger charge is 2.19. The van der Waals surface area contributed by atoms with Gasteiger partial charge in [0.2, 0.25) is 0 Å². The van der Waals surface area contributed by atoms with E-state index >= 15 is 0 Å². The molecule has 32 heavy (non-hydrogen) atoms. The molecule has 0 atom stereocenters. The van der Waals surface area contributed by atoms with E-state index in [1.807, 2.05) is 56.3 Å². The highest BCUT2D eigenvalue weighted by Crippen LogP contribution is 2.34. The first-order valence-corrected chi connectivity index (χ1v) is 11.0. The second-order valence-electron chi connectivity index (χ2n) is 7.26. The zero-order chi connectivity index (χ0) is 22.5. The molecule has 2 aromatic carbocycles.